The summed E-state index contributed by atoms with van der Waals surface area (Å²) in [6.07, 6.45) is 1.74. The van der Waals surface area contributed by atoms with Gasteiger partial charge in [0, 0.05) is 6.20 Å². The average molecular weight is 239 g/mol. The number of hydrogen-bond acceptors (Lipinski definition) is 4. The van der Waals surface area contributed by atoms with Crippen molar-refractivity contribution in [1.82, 2.24) is 4.98 Å². The van der Waals surface area contributed by atoms with Crippen molar-refractivity contribution in [3.8, 4) is 10.6 Å². The predicted molar refractivity (Wildman–Crippen MR) is 61.0 cm³/mol. The summed E-state index contributed by atoms with van der Waals surface area (Å²) in [5.41, 5.74) is 0.891. The van der Waals surface area contributed by atoms with Crippen LogP contribution in [0.4, 0.5) is 0 Å². The van der Waals surface area contributed by atoms with E-state index >= 15 is 0 Å². The summed E-state index contributed by atoms with van der Waals surface area (Å²) in [6, 6.07) is 9.42. The van der Waals surface area contributed by atoms with Crippen molar-refractivity contribution in [2.45, 2.75) is 4.21 Å². The minimum absolute atomic E-state index is 0.707. The summed E-state index contributed by atoms with van der Waals surface area (Å²) in [5.74, 6) is 0. The molecule has 2 heterocycles. The van der Waals surface area contributed by atoms with E-state index in [0.29, 0.717) is 4.21 Å². The Morgan fingerprint density at radius 1 is 1.33 bits per heavy atom. The lowest BCUT2D eigenvalue weighted by Crippen LogP contribution is -1.87. The fourth-order valence-electron chi connectivity index (χ4n) is 1.14. The van der Waals surface area contributed by atoms with Crippen molar-refractivity contribution in [2.24, 2.45) is 0 Å². The van der Waals surface area contributed by atoms with Gasteiger partial charge >= 0.3 is 0 Å². The molecule has 0 aliphatic heterocycles. The largest absolute Gasteiger partial charge is 0.289 e. The fraction of sp³-hybridized carbons (Fsp3) is 0.100. The van der Waals surface area contributed by atoms with E-state index in [2.05, 4.69) is 4.98 Å². The van der Waals surface area contributed by atoms with Crippen molar-refractivity contribution in [3.63, 3.8) is 0 Å². The lowest BCUT2D eigenvalue weighted by Gasteiger charge is -1.94. The highest BCUT2D eigenvalue weighted by Crippen LogP contribution is 2.28. The number of pyridine rings is 1. The maximum absolute atomic E-state index is 11.3. The Kier molecular flexibility index (Phi) is 3.25. The molecular weight excluding hydrogens is 230 g/mol. The van der Waals surface area contributed by atoms with Gasteiger partial charge in [0.2, 0.25) is 0 Å². The van der Waals surface area contributed by atoms with Crippen molar-refractivity contribution < 1.29 is 8.39 Å². The zero-order valence-electron chi connectivity index (χ0n) is 8.04. The van der Waals surface area contributed by atoms with Gasteiger partial charge in [0.15, 0.2) is 11.1 Å². The van der Waals surface area contributed by atoms with Crippen LogP contribution in [0.1, 0.15) is 0 Å². The number of aromatic nitrogens is 1. The van der Waals surface area contributed by atoms with Crippen LogP contribution in [0.3, 0.4) is 0 Å². The minimum atomic E-state index is -1.35. The Labute approximate surface area is 94.4 Å². The maximum atomic E-state index is 11.3. The van der Waals surface area contributed by atoms with E-state index in [0.717, 1.165) is 10.6 Å². The first kappa shape index (κ1) is 10.5. The van der Waals surface area contributed by atoms with Crippen molar-refractivity contribution in [3.05, 3.63) is 36.5 Å². The second-order valence-electron chi connectivity index (χ2n) is 2.74. The van der Waals surface area contributed by atoms with Gasteiger partial charge in [0.1, 0.15) is 4.21 Å². The van der Waals surface area contributed by atoms with Crippen LogP contribution in [-0.4, -0.2) is 16.3 Å². The standard InChI is InChI=1S/C10H9NO2S2/c1-13-15(12)10-6-5-9(14-10)8-4-2-3-7-11-8/h2-7H,1H3. The molecule has 0 saturated carbocycles. The van der Waals surface area contributed by atoms with Crippen LogP contribution >= 0.6 is 11.3 Å². The monoisotopic (exact) mass is 239 g/mol. The summed E-state index contributed by atoms with van der Waals surface area (Å²) in [4.78, 5) is 5.21. The van der Waals surface area contributed by atoms with Crippen LogP contribution in [-0.2, 0) is 15.3 Å². The Balaban J connectivity index is 2.32. The highest BCUT2D eigenvalue weighted by atomic mass is 32.2. The van der Waals surface area contributed by atoms with Gasteiger partial charge in [-0.15, -0.1) is 11.3 Å². The highest BCUT2D eigenvalue weighted by Gasteiger charge is 2.08. The third kappa shape index (κ3) is 2.31. The van der Waals surface area contributed by atoms with E-state index in [-0.39, 0.29) is 0 Å². The zero-order valence-corrected chi connectivity index (χ0v) is 9.68. The molecule has 0 amide bonds. The molecule has 2 aromatic heterocycles. The van der Waals surface area contributed by atoms with E-state index in [1.165, 1.54) is 18.4 Å². The second-order valence-corrected chi connectivity index (χ2v) is 5.32. The van der Waals surface area contributed by atoms with Gasteiger partial charge in [-0.3, -0.25) is 9.17 Å². The molecule has 5 heteroatoms. The van der Waals surface area contributed by atoms with E-state index < -0.39 is 11.1 Å². The van der Waals surface area contributed by atoms with Crippen LogP contribution in [0.25, 0.3) is 10.6 Å². The predicted octanol–water partition coefficient (Wildman–Crippen LogP) is 2.48. The van der Waals surface area contributed by atoms with Crippen LogP contribution in [0.5, 0.6) is 0 Å². The quantitative estimate of drug-likeness (QED) is 0.826. The van der Waals surface area contributed by atoms with Crippen molar-refractivity contribution in [1.29, 1.82) is 0 Å². The summed E-state index contributed by atoms with van der Waals surface area (Å²) in [5, 5.41) is 0. The van der Waals surface area contributed by atoms with E-state index in [1.54, 1.807) is 12.3 Å². The molecule has 0 radical (unpaired) electrons. The molecule has 0 aliphatic rings. The Hall–Kier alpha value is -1.04. The van der Waals surface area contributed by atoms with Gasteiger partial charge in [-0.25, -0.2) is 4.21 Å². The van der Waals surface area contributed by atoms with Crippen molar-refractivity contribution >= 4 is 22.4 Å². The topological polar surface area (TPSA) is 39.2 Å². The second kappa shape index (κ2) is 4.65. The molecule has 15 heavy (non-hydrogen) atoms. The normalized spacial score (nSPS) is 12.6. The molecular formula is C10H9NO2S2. The highest BCUT2D eigenvalue weighted by molar-refractivity contribution is 7.82. The molecule has 3 nitrogen and oxygen atoms in total. The van der Waals surface area contributed by atoms with E-state index in [1.807, 2.05) is 24.3 Å². The molecule has 1 unspecified atom stereocenters. The van der Waals surface area contributed by atoms with Crippen LogP contribution in [0.15, 0.2) is 40.7 Å². The maximum Gasteiger partial charge on any atom is 0.199 e. The van der Waals surface area contributed by atoms with Crippen molar-refractivity contribution in [2.75, 3.05) is 7.11 Å². The fourth-order valence-corrected chi connectivity index (χ4v) is 2.94. The number of rotatable bonds is 3. The molecule has 0 aromatic carbocycles. The van der Waals surface area contributed by atoms with Crippen LogP contribution < -0.4 is 0 Å². The lowest BCUT2D eigenvalue weighted by molar-refractivity contribution is 0.447. The summed E-state index contributed by atoms with van der Waals surface area (Å²) >= 11 is 0.0784. The van der Waals surface area contributed by atoms with Gasteiger partial charge in [0.25, 0.3) is 0 Å². The number of nitrogens with zero attached hydrogens (tertiary/aromatic N) is 1. The van der Waals surface area contributed by atoms with Crippen LogP contribution in [0, 0.1) is 0 Å². The Morgan fingerprint density at radius 2 is 2.20 bits per heavy atom. The molecule has 1 atom stereocenters. The van der Waals surface area contributed by atoms with Gasteiger partial charge < -0.3 is 0 Å². The average Bonchev–Trinajstić information content (AvgIpc) is 2.78. The summed E-state index contributed by atoms with van der Waals surface area (Å²) in [7, 11) is 1.43. The SMILES string of the molecule is COS(=O)c1ccc(-c2ccccn2)s1. The molecule has 0 bridgehead atoms. The third-order valence-corrected chi connectivity index (χ3v) is 4.14. The zero-order chi connectivity index (χ0) is 10.7. The number of thiophene rings is 1. The molecule has 0 N–H and O–H groups in total. The molecule has 0 fully saturated rings. The first-order chi connectivity index (χ1) is 7.31. The van der Waals surface area contributed by atoms with Gasteiger partial charge in [-0.2, -0.15) is 0 Å². The lowest BCUT2D eigenvalue weighted by atomic mass is 10.3. The van der Waals surface area contributed by atoms with Gasteiger partial charge in [-0.05, 0) is 24.3 Å². The van der Waals surface area contributed by atoms with E-state index in [4.69, 9.17) is 4.18 Å². The smallest absolute Gasteiger partial charge is 0.199 e. The molecule has 2 aromatic rings. The minimum Gasteiger partial charge on any atom is -0.289 e. The Morgan fingerprint density at radius 3 is 2.87 bits per heavy atom. The summed E-state index contributed by atoms with van der Waals surface area (Å²) in [6.45, 7) is 0. The first-order valence-corrected chi connectivity index (χ1v) is 6.18. The molecule has 0 saturated heterocycles. The molecule has 78 valence electrons. The molecule has 0 spiro atoms. The summed E-state index contributed by atoms with van der Waals surface area (Å²) < 4.78 is 16.8. The van der Waals surface area contributed by atoms with Gasteiger partial charge in [-0.1, -0.05) is 6.07 Å². The third-order valence-electron chi connectivity index (χ3n) is 1.81. The van der Waals surface area contributed by atoms with Crippen LogP contribution in [0.2, 0.25) is 0 Å². The Bertz CT molecular complexity index is 467. The van der Waals surface area contributed by atoms with Gasteiger partial charge in [0.05, 0.1) is 17.7 Å². The molecule has 0 aliphatic carbocycles. The first-order valence-electron chi connectivity index (χ1n) is 4.29. The molecule has 2 rings (SSSR count). The number of hydrogen-bond donors (Lipinski definition) is 0. The van der Waals surface area contributed by atoms with E-state index in [9.17, 15) is 4.21 Å².